The molecule has 0 atom stereocenters. The van der Waals surface area contributed by atoms with Gasteiger partial charge in [-0.3, -0.25) is 0 Å². The lowest BCUT2D eigenvalue weighted by atomic mass is 10.2. The first-order valence-corrected chi connectivity index (χ1v) is 9.00. The topological polar surface area (TPSA) is 72.6 Å². The van der Waals surface area contributed by atoms with E-state index in [4.69, 9.17) is 10.5 Å². The van der Waals surface area contributed by atoms with Gasteiger partial charge in [-0.2, -0.15) is 0 Å². The summed E-state index contributed by atoms with van der Waals surface area (Å²) in [7, 11) is -3.27. The number of sulfone groups is 1. The van der Waals surface area contributed by atoms with E-state index in [0.717, 1.165) is 18.7 Å². The van der Waals surface area contributed by atoms with Gasteiger partial charge in [0.2, 0.25) is 0 Å². The maximum atomic E-state index is 12.4. The van der Waals surface area contributed by atoms with Crippen LogP contribution in [-0.2, 0) is 21.1 Å². The molecule has 21 heavy (non-hydrogen) atoms. The fourth-order valence-electron chi connectivity index (χ4n) is 2.00. The highest BCUT2D eigenvalue weighted by atomic mass is 32.2. The third kappa shape index (κ3) is 6.13. The molecule has 0 amide bonds. The van der Waals surface area contributed by atoms with Crippen molar-refractivity contribution in [1.82, 2.24) is 4.90 Å². The van der Waals surface area contributed by atoms with Crippen LogP contribution in [0.5, 0.6) is 0 Å². The van der Waals surface area contributed by atoms with Crippen LogP contribution in [0, 0.1) is 0 Å². The molecule has 0 spiro atoms. The van der Waals surface area contributed by atoms with E-state index in [9.17, 15) is 8.42 Å². The molecule has 0 unspecified atom stereocenters. The highest BCUT2D eigenvalue weighted by Crippen LogP contribution is 2.13. The standard InChI is InChI=1S/C15H26N2O3S/c1-3-17(8-10-20-4-2)9-11-21(18,19)15-7-5-6-14(12-15)13-16/h5-7,12H,3-4,8-11,13,16H2,1-2H3. The molecule has 1 rings (SSSR count). The zero-order chi connectivity index (χ0) is 15.7. The second-order valence-corrected chi connectivity index (χ2v) is 6.91. The number of rotatable bonds is 10. The van der Waals surface area contributed by atoms with Crippen LogP contribution in [0.3, 0.4) is 0 Å². The Morgan fingerprint density at radius 2 is 2.00 bits per heavy atom. The van der Waals surface area contributed by atoms with E-state index in [1.54, 1.807) is 18.2 Å². The molecule has 0 heterocycles. The zero-order valence-corrected chi connectivity index (χ0v) is 13.7. The fraction of sp³-hybridized carbons (Fsp3) is 0.600. The van der Waals surface area contributed by atoms with E-state index in [1.165, 1.54) is 0 Å². The van der Waals surface area contributed by atoms with Gasteiger partial charge in [0.05, 0.1) is 17.3 Å². The molecule has 0 fully saturated rings. The molecule has 0 aliphatic heterocycles. The van der Waals surface area contributed by atoms with Crippen LogP contribution in [0.2, 0.25) is 0 Å². The van der Waals surface area contributed by atoms with Crippen LogP contribution in [0.1, 0.15) is 19.4 Å². The van der Waals surface area contributed by atoms with Gasteiger partial charge in [0, 0.05) is 26.2 Å². The molecule has 6 heteroatoms. The molecule has 2 N–H and O–H groups in total. The average Bonchev–Trinajstić information content (AvgIpc) is 2.50. The van der Waals surface area contributed by atoms with Crippen LogP contribution in [0.4, 0.5) is 0 Å². The third-order valence-corrected chi connectivity index (χ3v) is 5.06. The summed E-state index contributed by atoms with van der Waals surface area (Å²) in [6, 6.07) is 6.86. The molecule has 0 radical (unpaired) electrons. The maximum Gasteiger partial charge on any atom is 0.179 e. The van der Waals surface area contributed by atoms with Gasteiger partial charge in [0.15, 0.2) is 9.84 Å². The van der Waals surface area contributed by atoms with Crippen molar-refractivity contribution in [3.05, 3.63) is 29.8 Å². The quantitative estimate of drug-likeness (QED) is 0.659. The second kappa shape index (κ2) is 9.15. The smallest absolute Gasteiger partial charge is 0.179 e. The average molecular weight is 314 g/mol. The Balaban J connectivity index is 2.62. The molecule has 0 aliphatic carbocycles. The van der Waals surface area contributed by atoms with Gasteiger partial charge in [-0.05, 0) is 31.2 Å². The Kier molecular flexibility index (Phi) is 7.88. The number of likely N-dealkylation sites (N-methyl/N-ethyl adjacent to an activating group) is 1. The first-order chi connectivity index (χ1) is 10.0. The molecule has 1 aromatic rings. The lowest BCUT2D eigenvalue weighted by molar-refractivity contribution is 0.117. The van der Waals surface area contributed by atoms with E-state index < -0.39 is 9.84 Å². The molecule has 0 bridgehead atoms. The molecular weight excluding hydrogens is 288 g/mol. The summed E-state index contributed by atoms with van der Waals surface area (Å²) in [5.41, 5.74) is 6.39. The Bertz CT molecular complexity index is 517. The molecule has 5 nitrogen and oxygen atoms in total. The van der Waals surface area contributed by atoms with Crippen LogP contribution >= 0.6 is 0 Å². The van der Waals surface area contributed by atoms with Gasteiger partial charge >= 0.3 is 0 Å². The van der Waals surface area contributed by atoms with Gasteiger partial charge in [-0.1, -0.05) is 19.1 Å². The van der Waals surface area contributed by atoms with Gasteiger partial charge in [-0.25, -0.2) is 8.42 Å². The highest BCUT2D eigenvalue weighted by molar-refractivity contribution is 7.91. The van der Waals surface area contributed by atoms with Crippen LogP contribution < -0.4 is 5.73 Å². The largest absolute Gasteiger partial charge is 0.380 e. The van der Waals surface area contributed by atoms with Gasteiger partial charge in [-0.15, -0.1) is 0 Å². The molecule has 0 saturated carbocycles. The fourth-order valence-corrected chi connectivity index (χ4v) is 3.35. The summed E-state index contributed by atoms with van der Waals surface area (Å²) >= 11 is 0. The summed E-state index contributed by atoms with van der Waals surface area (Å²) < 4.78 is 30.0. The summed E-state index contributed by atoms with van der Waals surface area (Å²) in [5, 5.41) is 0. The minimum Gasteiger partial charge on any atom is -0.380 e. The number of hydrogen-bond donors (Lipinski definition) is 1. The minimum atomic E-state index is -3.27. The number of nitrogens with two attached hydrogens (primary N) is 1. The van der Waals surface area contributed by atoms with E-state index in [2.05, 4.69) is 4.90 Å². The molecule has 120 valence electrons. The van der Waals surface area contributed by atoms with E-state index in [-0.39, 0.29) is 5.75 Å². The second-order valence-electron chi connectivity index (χ2n) is 4.80. The Morgan fingerprint density at radius 3 is 2.62 bits per heavy atom. The van der Waals surface area contributed by atoms with Crippen molar-refractivity contribution in [2.45, 2.75) is 25.3 Å². The monoisotopic (exact) mass is 314 g/mol. The lowest BCUT2D eigenvalue weighted by Crippen LogP contribution is -2.32. The normalized spacial score (nSPS) is 12.0. The summed E-state index contributed by atoms with van der Waals surface area (Å²) in [5.74, 6) is 0.112. The lowest BCUT2D eigenvalue weighted by Gasteiger charge is -2.20. The molecule has 0 aromatic heterocycles. The van der Waals surface area contributed by atoms with Crippen LogP contribution in [-0.4, -0.2) is 51.9 Å². The number of nitrogens with zero attached hydrogens (tertiary/aromatic N) is 1. The first kappa shape index (κ1) is 18.1. The predicted octanol–water partition coefficient (Wildman–Crippen LogP) is 1.28. The van der Waals surface area contributed by atoms with Crippen molar-refractivity contribution in [1.29, 1.82) is 0 Å². The van der Waals surface area contributed by atoms with Crippen molar-refractivity contribution in [3.63, 3.8) is 0 Å². The van der Waals surface area contributed by atoms with E-state index in [1.807, 2.05) is 19.9 Å². The molecule has 0 aliphatic rings. The third-order valence-electron chi connectivity index (χ3n) is 3.37. The Morgan fingerprint density at radius 1 is 1.24 bits per heavy atom. The van der Waals surface area contributed by atoms with E-state index in [0.29, 0.717) is 31.2 Å². The molecule has 0 saturated heterocycles. The van der Waals surface area contributed by atoms with Crippen LogP contribution in [0.15, 0.2) is 29.2 Å². The van der Waals surface area contributed by atoms with Crippen molar-refractivity contribution in [3.8, 4) is 0 Å². The summed E-state index contributed by atoms with van der Waals surface area (Å²) in [6.07, 6.45) is 0. The van der Waals surface area contributed by atoms with Crippen molar-refractivity contribution in [2.75, 3.05) is 38.6 Å². The first-order valence-electron chi connectivity index (χ1n) is 7.35. The predicted molar refractivity (Wildman–Crippen MR) is 85.0 cm³/mol. The summed E-state index contributed by atoms with van der Waals surface area (Å²) in [6.45, 7) is 7.71. The van der Waals surface area contributed by atoms with Crippen molar-refractivity contribution < 1.29 is 13.2 Å². The summed E-state index contributed by atoms with van der Waals surface area (Å²) in [4.78, 5) is 2.44. The maximum absolute atomic E-state index is 12.4. The van der Waals surface area contributed by atoms with Crippen LogP contribution in [0.25, 0.3) is 0 Å². The number of hydrogen-bond acceptors (Lipinski definition) is 5. The van der Waals surface area contributed by atoms with Gasteiger partial charge in [0.1, 0.15) is 0 Å². The molecular formula is C15H26N2O3S. The molecule has 1 aromatic carbocycles. The highest BCUT2D eigenvalue weighted by Gasteiger charge is 2.16. The SMILES string of the molecule is CCOCCN(CC)CCS(=O)(=O)c1cccc(CN)c1. The van der Waals surface area contributed by atoms with Gasteiger partial charge in [0.25, 0.3) is 0 Å². The Hall–Kier alpha value is -0.950. The zero-order valence-electron chi connectivity index (χ0n) is 12.9. The van der Waals surface area contributed by atoms with Crippen molar-refractivity contribution >= 4 is 9.84 Å². The minimum absolute atomic E-state index is 0.112. The van der Waals surface area contributed by atoms with Crippen molar-refractivity contribution in [2.24, 2.45) is 5.73 Å². The van der Waals surface area contributed by atoms with Gasteiger partial charge < -0.3 is 15.4 Å². The number of benzene rings is 1. The Labute approximate surface area is 128 Å². The van der Waals surface area contributed by atoms with E-state index >= 15 is 0 Å². The number of ether oxygens (including phenoxy) is 1.